The van der Waals surface area contributed by atoms with E-state index in [4.69, 9.17) is 4.74 Å². The van der Waals surface area contributed by atoms with Gasteiger partial charge in [-0.05, 0) is 49.6 Å². The number of halogens is 3. The van der Waals surface area contributed by atoms with Crippen LogP contribution >= 0.6 is 0 Å². The van der Waals surface area contributed by atoms with Gasteiger partial charge in [-0.15, -0.1) is 0 Å². The summed E-state index contributed by atoms with van der Waals surface area (Å²) >= 11 is 0. The Labute approximate surface area is 188 Å². The van der Waals surface area contributed by atoms with E-state index < -0.39 is 28.8 Å². The summed E-state index contributed by atoms with van der Waals surface area (Å²) in [6.07, 6.45) is -3.20. The smallest absolute Gasteiger partial charge is 0.418 e. The summed E-state index contributed by atoms with van der Waals surface area (Å²) in [5, 5.41) is 4.11. The first kappa shape index (κ1) is 22.6. The summed E-state index contributed by atoms with van der Waals surface area (Å²) in [5.41, 5.74) is -1.14. The molecular formula is C24H22F3N3O3. The van der Waals surface area contributed by atoms with E-state index in [0.29, 0.717) is 18.7 Å². The Hall–Kier alpha value is -3.62. The van der Waals surface area contributed by atoms with E-state index in [2.05, 4.69) is 5.10 Å². The normalized spacial score (nSPS) is 16.2. The van der Waals surface area contributed by atoms with Crippen LogP contribution in [0.2, 0.25) is 0 Å². The van der Waals surface area contributed by atoms with Gasteiger partial charge in [0, 0.05) is 18.3 Å². The molecule has 1 aromatic heterocycles. The topological polar surface area (TPSA) is 64.4 Å². The van der Waals surface area contributed by atoms with Crippen molar-refractivity contribution >= 4 is 5.91 Å². The number of para-hydroxylation sites is 1. The Morgan fingerprint density at radius 1 is 1.12 bits per heavy atom. The summed E-state index contributed by atoms with van der Waals surface area (Å²) in [4.78, 5) is 27.6. The van der Waals surface area contributed by atoms with Crippen LogP contribution in [0.3, 0.4) is 0 Å². The second kappa shape index (κ2) is 8.73. The molecule has 0 N–H and O–H groups in total. The number of methoxy groups -OCH3 is 1. The van der Waals surface area contributed by atoms with Gasteiger partial charge in [-0.25, -0.2) is 4.68 Å². The molecule has 0 saturated carbocycles. The highest BCUT2D eigenvalue weighted by Crippen LogP contribution is 2.35. The quantitative estimate of drug-likeness (QED) is 0.577. The molecule has 2 aromatic carbocycles. The second-order valence-electron chi connectivity index (χ2n) is 7.86. The van der Waals surface area contributed by atoms with E-state index in [0.717, 1.165) is 28.8 Å². The van der Waals surface area contributed by atoms with E-state index in [-0.39, 0.29) is 17.4 Å². The summed E-state index contributed by atoms with van der Waals surface area (Å²) in [6.45, 7) is 1.89. The fourth-order valence-corrected chi connectivity index (χ4v) is 4.18. The van der Waals surface area contributed by atoms with Gasteiger partial charge in [-0.2, -0.15) is 18.3 Å². The molecule has 0 spiro atoms. The number of alkyl halides is 3. The third kappa shape index (κ3) is 4.35. The Morgan fingerprint density at radius 2 is 1.88 bits per heavy atom. The van der Waals surface area contributed by atoms with Crippen molar-refractivity contribution in [3.05, 3.63) is 87.3 Å². The van der Waals surface area contributed by atoms with Gasteiger partial charge in [0.15, 0.2) is 5.69 Å². The monoisotopic (exact) mass is 457 g/mol. The zero-order valence-corrected chi connectivity index (χ0v) is 18.1. The minimum Gasteiger partial charge on any atom is -0.497 e. The number of nitrogens with zero attached hydrogens (tertiary/aromatic N) is 3. The number of rotatable bonds is 4. The highest BCUT2D eigenvalue weighted by atomic mass is 19.4. The van der Waals surface area contributed by atoms with Crippen molar-refractivity contribution in [1.29, 1.82) is 0 Å². The number of ether oxygens (including phenoxy) is 1. The highest BCUT2D eigenvalue weighted by molar-refractivity contribution is 5.92. The van der Waals surface area contributed by atoms with E-state index in [1.807, 2.05) is 18.2 Å². The number of benzene rings is 2. The van der Waals surface area contributed by atoms with Gasteiger partial charge >= 0.3 is 6.18 Å². The van der Waals surface area contributed by atoms with Gasteiger partial charge in [0.25, 0.3) is 5.91 Å². The molecule has 9 heteroatoms. The van der Waals surface area contributed by atoms with Crippen LogP contribution in [0, 0.1) is 6.92 Å². The molecule has 0 aliphatic carbocycles. The van der Waals surface area contributed by atoms with Crippen LogP contribution in [0.5, 0.6) is 5.75 Å². The molecule has 33 heavy (non-hydrogen) atoms. The molecule has 1 saturated heterocycles. The van der Waals surface area contributed by atoms with E-state index >= 15 is 0 Å². The summed E-state index contributed by atoms with van der Waals surface area (Å²) < 4.78 is 47.0. The number of hydrogen-bond donors (Lipinski definition) is 0. The molecular weight excluding hydrogens is 435 g/mol. The average Bonchev–Trinajstić information content (AvgIpc) is 3.28. The minimum absolute atomic E-state index is 0.194. The molecule has 1 unspecified atom stereocenters. The van der Waals surface area contributed by atoms with E-state index in [1.165, 1.54) is 25.1 Å². The second-order valence-corrected chi connectivity index (χ2v) is 7.86. The summed E-state index contributed by atoms with van der Waals surface area (Å²) in [6, 6.07) is 13.1. The van der Waals surface area contributed by atoms with Crippen LogP contribution < -0.4 is 10.2 Å². The SMILES string of the molecule is COc1cccc(C2CCCN2C(=O)c2nn(-c3ccccc3C(F)(F)F)c(C)cc2=O)c1. The Morgan fingerprint density at radius 3 is 2.61 bits per heavy atom. The molecule has 2 heterocycles. The van der Waals surface area contributed by atoms with Gasteiger partial charge in [-0.3, -0.25) is 9.59 Å². The summed E-state index contributed by atoms with van der Waals surface area (Å²) in [5.74, 6) is 0.0370. The first-order valence-electron chi connectivity index (χ1n) is 10.4. The highest BCUT2D eigenvalue weighted by Gasteiger charge is 2.36. The molecule has 3 aromatic rings. The van der Waals surface area contributed by atoms with Gasteiger partial charge in [0.05, 0.1) is 24.4 Å². The number of carbonyl (C=O) groups excluding carboxylic acids is 1. The number of likely N-dealkylation sites (tertiary alicyclic amines) is 1. The number of aryl methyl sites for hydroxylation is 1. The number of amides is 1. The maximum atomic E-state index is 13.6. The molecule has 1 aliphatic heterocycles. The van der Waals surface area contributed by atoms with Crippen molar-refractivity contribution in [2.45, 2.75) is 32.0 Å². The van der Waals surface area contributed by atoms with Gasteiger partial charge in [-0.1, -0.05) is 24.3 Å². The van der Waals surface area contributed by atoms with Crippen molar-refractivity contribution in [3.63, 3.8) is 0 Å². The average molecular weight is 457 g/mol. The van der Waals surface area contributed by atoms with Crippen molar-refractivity contribution in [3.8, 4) is 11.4 Å². The van der Waals surface area contributed by atoms with Gasteiger partial charge in [0.1, 0.15) is 5.75 Å². The van der Waals surface area contributed by atoms with Crippen LogP contribution in [0.15, 0.2) is 59.4 Å². The zero-order chi connectivity index (χ0) is 23.8. The number of carbonyl (C=O) groups is 1. The van der Waals surface area contributed by atoms with E-state index in [9.17, 15) is 22.8 Å². The first-order chi connectivity index (χ1) is 15.7. The Bertz CT molecular complexity index is 1250. The van der Waals surface area contributed by atoms with Crippen LogP contribution in [-0.2, 0) is 6.18 Å². The van der Waals surface area contributed by atoms with Crippen LogP contribution in [0.4, 0.5) is 13.2 Å². The molecule has 4 rings (SSSR count). The number of aromatic nitrogens is 2. The fraction of sp³-hybridized carbons (Fsp3) is 0.292. The lowest BCUT2D eigenvalue weighted by atomic mass is 10.0. The Balaban J connectivity index is 1.76. The third-order valence-electron chi connectivity index (χ3n) is 5.74. The van der Waals surface area contributed by atoms with Crippen LogP contribution in [0.25, 0.3) is 5.69 Å². The van der Waals surface area contributed by atoms with E-state index in [1.54, 1.807) is 18.1 Å². The Kier molecular flexibility index (Phi) is 5.97. The van der Waals surface area contributed by atoms with Crippen molar-refractivity contribution in [2.24, 2.45) is 0 Å². The van der Waals surface area contributed by atoms with Crippen molar-refractivity contribution < 1.29 is 22.7 Å². The fourth-order valence-electron chi connectivity index (χ4n) is 4.18. The summed E-state index contributed by atoms with van der Waals surface area (Å²) in [7, 11) is 1.55. The van der Waals surface area contributed by atoms with Gasteiger partial charge in [0.2, 0.25) is 5.43 Å². The number of hydrogen-bond acceptors (Lipinski definition) is 4. The van der Waals surface area contributed by atoms with Crippen LogP contribution in [0.1, 0.15) is 46.2 Å². The third-order valence-corrected chi connectivity index (χ3v) is 5.74. The molecule has 6 nitrogen and oxygen atoms in total. The molecule has 1 amide bonds. The maximum Gasteiger partial charge on any atom is 0.418 e. The lowest BCUT2D eigenvalue weighted by Crippen LogP contribution is -2.36. The predicted molar refractivity (Wildman–Crippen MR) is 116 cm³/mol. The lowest BCUT2D eigenvalue weighted by molar-refractivity contribution is -0.137. The van der Waals surface area contributed by atoms with Crippen molar-refractivity contribution in [1.82, 2.24) is 14.7 Å². The van der Waals surface area contributed by atoms with Crippen LogP contribution in [-0.4, -0.2) is 34.2 Å². The first-order valence-corrected chi connectivity index (χ1v) is 10.4. The molecule has 1 aliphatic rings. The predicted octanol–water partition coefficient (Wildman–Crippen LogP) is 4.55. The standard InChI is InChI=1S/C24H22F3N3O3/c1-15-13-21(31)22(28-30(15)20-10-4-3-9-18(20)24(25,26)27)23(32)29-12-6-11-19(29)16-7-5-8-17(14-16)33-2/h3-5,7-10,13-14,19H,6,11-12H2,1-2H3. The molecule has 1 atom stereocenters. The molecule has 0 radical (unpaired) electrons. The van der Waals surface area contributed by atoms with Crippen molar-refractivity contribution in [2.75, 3.05) is 13.7 Å². The molecule has 0 bridgehead atoms. The zero-order valence-electron chi connectivity index (χ0n) is 18.1. The minimum atomic E-state index is -4.62. The maximum absolute atomic E-state index is 13.6. The largest absolute Gasteiger partial charge is 0.497 e. The molecule has 172 valence electrons. The van der Waals surface area contributed by atoms with Gasteiger partial charge < -0.3 is 9.64 Å². The lowest BCUT2D eigenvalue weighted by Gasteiger charge is -2.25. The molecule has 1 fully saturated rings.